The van der Waals surface area contributed by atoms with Gasteiger partial charge in [0.05, 0.1) is 0 Å². The molecule has 1 unspecified atom stereocenters. The lowest BCUT2D eigenvalue weighted by molar-refractivity contribution is -0.152. The van der Waals surface area contributed by atoms with Crippen LogP contribution in [0.1, 0.15) is 31.7 Å². The van der Waals surface area contributed by atoms with Gasteiger partial charge in [-0.25, -0.2) is 4.79 Å². The number of rotatable bonds is 6. The maximum Gasteiger partial charge on any atom is 0.329 e. The van der Waals surface area contributed by atoms with Crippen molar-refractivity contribution >= 4 is 27.8 Å². The number of hydrogen-bond acceptors (Lipinski definition) is 3. The first-order valence-corrected chi connectivity index (χ1v) is 8.64. The number of hydrogen-bond donors (Lipinski definition) is 2. The van der Waals surface area contributed by atoms with Crippen LogP contribution in [0.4, 0.5) is 0 Å². The Balaban J connectivity index is 2.08. The minimum absolute atomic E-state index is 0.197. The fourth-order valence-electron chi connectivity index (χ4n) is 2.82. The van der Waals surface area contributed by atoms with Crippen molar-refractivity contribution in [1.82, 2.24) is 5.32 Å². The van der Waals surface area contributed by atoms with E-state index in [9.17, 15) is 14.7 Å². The number of benzene rings is 1. The Morgan fingerprint density at radius 1 is 1.39 bits per heavy atom. The van der Waals surface area contributed by atoms with Crippen molar-refractivity contribution in [3.8, 4) is 0 Å². The summed E-state index contributed by atoms with van der Waals surface area (Å²) in [5, 5.41) is 12.3. The number of amides is 1. The van der Waals surface area contributed by atoms with Crippen LogP contribution in [0.5, 0.6) is 0 Å². The summed E-state index contributed by atoms with van der Waals surface area (Å²) in [5.41, 5.74) is -0.141. The molecular weight excluding hydrogens is 362 g/mol. The topological polar surface area (TPSA) is 75.6 Å². The summed E-state index contributed by atoms with van der Waals surface area (Å²) < 4.78 is 6.20. The predicted octanol–water partition coefficient (Wildman–Crippen LogP) is 2.77. The Morgan fingerprint density at radius 3 is 2.65 bits per heavy atom. The summed E-state index contributed by atoms with van der Waals surface area (Å²) in [6.45, 7) is 2.66. The van der Waals surface area contributed by atoms with Crippen molar-refractivity contribution in [2.45, 2.75) is 38.1 Å². The van der Waals surface area contributed by atoms with Gasteiger partial charge in [-0.15, -0.1) is 0 Å². The number of carboxylic acids is 1. The van der Waals surface area contributed by atoms with Crippen molar-refractivity contribution in [2.75, 3.05) is 13.2 Å². The Hall–Kier alpha value is -1.40. The highest BCUT2D eigenvalue weighted by Crippen LogP contribution is 2.23. The molecule has 1 saturated heterocycles. The van der Waals surface area contributed by atoms with Gasteiger partial charge in [0.15, 0.2) is 0 Å². The van der Waals surface area contributed by atoms with Crippen LogP contribution in [0.3, 0.4) is 0 Å². The quantitative estimate of drug-likeness (QED) is 0.791. The standard InChI is InChI=1S/C17H22BrNO4/c1-2-13(10-12-4-3-5-14(18)11-12)15(20)19-17(16(21)22)6-8-23-9-7-17/h3-5,11,13H,2,6-10H2,1H3,(H,19,20)(H,21,22). The van der Waals surface area contributed by atoms with Gasteiger partial charge in [-0.3, -0.25) is 4.79 Å². The van der Waals surface area contributed by atoms with Crippen molar-refractivity contribution in [3.05, 3.63) is 34.3 Å². The molecule has 6 heteroatoms. The molecule has 0 aliphatic carbocycles. The molecule has 23 heavy (non-hydrogen) atoms. The van der Waals surface area contributed by atoms with E-state index in [1.807, 2.05) is 31.2 Å². The number of nitrogens with one attached hydrogen (secondary N) is 1. The highest BCUT2D eigenvalue weighted by atomic mass is 79.9. The highest BCUT2D eigenvalue weighted by Gasteiger charge is 2.42. The third-order valence-electron chi connectivity index (χ3n) is 4.35. The Morgan fingerprint density at radius 2 is 2.09 bits per heavy atom. The SMILES string of the molecule is CCC(Cc1cccc(Br)c1)C(=O)NC1(C(=O)O)CCOCC1. The van der Waals surface area contributed by atoms with Gasteiger partial charge in [0, 0.05) is 36.4 Å². The molecule has 1 fully saturated rings. The molecule has 1 heterocycles. The van der Waals surface area contributed by atoms with Crippen LogP contribution in [-0.2, 0) is 20.7 Å². The zero-order valence-corrected chi connectivity index (χ0v) is 14.8. The lowest BCUT2D eigenvalue weighted by atomic mass is 9.88. The first-order chi connectivity index (χ1) is 11.0. The number of carbonyl (C=O) groups excluding carboxylic acids is 1. The van der Waals surface area contributed by atoms with E-state index in [0.29, 0.717) is 38.9 Å². The Labute approximate surface area is 144 Å². The average Bonchev–Trinajstić information content (AvgIpc) is 2.53. The summed E-state index contributed by atoms with van der Waals surface area (Å²) in [6, 6.07) is 7.83. The van der Waals surface area contributed by atoms with Gasteiger partial charge in [-0.2, -0.15) is 0 Å². The highest BCUT2D eigenvalue weighted by molar-refractivity contribution is 9.10. The molecule has 1 aliphatic heterocycles. The molecule has 0 radical (unpaired) electrons. The van der Waals surface area contributed by atoms with E-state index in [1.54, 1.807) is 0 Å². The van der Waals surface area contributed by atoms with Crippen molar-refractivity contribution in [1.29, 1.82) is 0 Å². The van der Waals surface area contributed by atoms with E-state index < -0.39 is 11.5 Å². The Bertz CT molecular complexity index is 569. The number of carbonyl (C=O) groups is 2. The van der Waals surface area contributed by atoms with Gasteiger partial charge in [0.25, 0.3) is 0 Å². The lowest BCUT2D eigenvalue weighted by Crippen LogP contribution is -2.58. The van der Waals surface area contributed by atoms with Crippen LogP contribution in [0.2, 0.25) is 0 Å². The second-order valence-corrected chi connectivity index (χ2v) is 6.84. The van der Waals surface area contributed by atoms with Gasteiger partial charge in [-0.05, 0) is 30.5 Å². The maximum absolute atomic E-state index is 12.6. The number of carboxylic acid groups (broad SMARTS) is 1. The third-order valence-corrected chi connectivity index (χ3v) is 4.85. The largest absolute Gasteiger partial charge is 0.480 e. The zero-order valence-electron chi connectivity index (χ0n) is 13.2. The van der Waals surface area contributed by atoms with Crippen LogP contribution in [0, 0.1) is 5.92 Å². The molecule has 1 aromatic rings. The monoisotopic (exact) mass is 383 g/mol. The molecule has 2 N–H and O–H groups in total. The number of aliphatic carboxylic acids is 1. The molecule has 5 nitrogen and oxygen atoms in total. The molecule has 1 amide bonds. The average molecular weight is 384 g/mol. The summed E-state index contributed by atoms with van der Waals surface area (Å²) in [7, 11) is 0. The fraction of sp³-hybridized carbons (Fsp3) is 0.529. The van der Waals surface area contributed by atoms with Crippen LogP contribution >= 0.6 is 15.9 Å². The number of halogens is 1. The molecule has 1 atom stereocenters. The summed E-state index contributed by atoms with van der Waals surface area (Å²) in [6.07, 6.45) is 1.86. The van der Waals surface area contributed by atoms with Crippen molar-refractivity contribution < 1.29 is 19.4 Å². The van der Waals surface area contributed by atoms with E-state index in [4.69, 9.17) is 4.74 Å². The van der Waals surface area contributed by atoms with Gasteiger partial charge in [0.2, 0.25) is 5.91 Å². The molecule has 0 spiro atoms. The Kier molecular flexibility index (Phi) is 6.18. The summed E-state index contributed by atoms with van der Waals surface area (Å²) in [4.78, 5) is 24.3. The van der Waals surface area contributed by atoms with E-state index in [0.717, 1.165) is 10.0 Å². The molecule has 0 saturated carbocycles. The van der Waals surface area contributed by atoms with Gasteiger partial charge in [-0.1, -0.05) is 35.0 Å². The van der Waals surface area contributed by atoms with Crippen molar-refractivity contribution in [2.24, 2.45) is 5.92 Å². The molecular formula is C17H22BrNO4. The van der Waals surface area contributed by atoms with Crippen LogP contribution in [0.15, 0.2) is 28.7 Å². The zero-order chi connectivity index (χ0) is 16.9. The molecule has 126 valence electrons. The minimum atomic E-state index is -1.19. The van der Waals surface area contributed by atoms with E-state index in [1.165, 1.54) is 0 Å². The fourth-order valence-corrected chi connectivity index (χ4v) is 3.27. The first kappa shape index (κ1) is 17.9. The molecule has 0 aromatic heterocycles. The predicted molar refractivity (Wildman–Crippen MR) is 90.2 cm³/mol. The van der Waals surface area contributed by atoms with Crippen LogP contribution in [0.25, 0.3) is 0 Å². The molecule has 0 bridgehead atoms. The third kappa shape index (κ3) is 4.54. The second-order valence-electron chi connectivity index (χ2n) is 5.93. The normalized spacial score (nSPS) is 18.2. The summed E-state index contributed by atoms with van der Waals surface area (Å²) >= 11 is 3.43. The molecule has 1 aliphatic rings. The maximum atomic E-state index is 12.6. The van der Waals surface area contributed by atoms with Crippen LogP contribution in [-0.4, -0.2) is 35.7 Å². The van der Waals surface area contributed by atoms with E-state index in [-0.39, 0.29) is 11.8 Å². The number of ether oxygens (including phenoxy) is 1. The first-order valence-electron chi connectivity index (χ1n) is 7.84. The summed E-state index contributed by atoms with van der Waals surface area (Å²) in [5.74, 6) is -1.42. The van der Waals surface area contributed by atoms with Crippen LogP contribution < -0.4 is 5.32 Å². The molecule has 2 rings (SSSR count). The van der Waals surface area contributed by atoms with Gasteiger partial charge >= 0.3 is 5.97 Å². The van der Waals surface area contributed by atoms with E-state index >= 15 is 0 Å². The minimum Gasteiger partial charge on any atom is -0.480 e. The van der Waals surface area contributed by atoms with Gasteiger partial charge in [0.1, 0.15) is 5.54 Å². The smallest absolute Gasteiger partial charge is 0.329 e. The van der Waals surface area contributed by atoms with Crippen molar-refractivity contribution in [3.63, 3.8) is 0 Å². The van der Waals surface area contributed by atoms with E-state index in [2.05, 4.69) is 21.2 Å². The lowest BCUT2D eigenvalue weighted by Gasteiger charge is -2.35. The van der Waals surface area contributed by atoms with Gasteiger partial charge < -0.3 is 15.2 Å². The molecule has 1 aromatic carbocycles. The second kappa shape index (κ2) is 7.93.